The Hall–Kier alpha value is -5.94. The molecule has 7 rings (SSSR count). The van der Waals surface area contributed by atoms with Gasteiger partial charge in [-0.05, 0) is 67.0 Å². The van der Waals surface area contributed by atoms with Crippen molar-refractivity contribution in [1.29, 1.82) is 0 Å². The normalized spacial score (nSPS) is 31.5. The predicted molar refractivity (Wildman–Crippen MR) is 219 cm³/mol. The largest absolute Gasteiger partial charge is 0.508 e. The molecule has 3 aromatic rings. The van der Waals surface area contributed by atoms with Crippen LogP contribution in [0.4, 0.5) is 0 Å². The van der Waals surface area contributed by atoms with E-state index in [1.807, 2.05) is 0 Å². The summed E-state index contributed by atoms with van der Waals surface area (Å²) in [5.41, 5.74) is -7.35. The number of aliphatic hydroxyl groups is 3. The number of aromatic hydroxyl groups is 1. The Labute approximate surface area is 363 Å². The zero-order chi connectivity index (χ0) is 45.8. The summed E-state index contributed by atoms with van der Waals surface area (Å²) in [6.45, 7) is 7.88. The van der Waals surface area contributed by atoms with Gasteiger partial charge >= 0.3 is 23.9 Å². The Bertz CT molecular complexity index is 2330. The Balaban J connectivity index is 1.38. The van der Waals surface area contributed by atoms with Crippen LogP contribution in [0.15, 0.2) is 96.1 Å². The van der Waals surface area contributed by atoms with Crippen LogP contribution in [-0.2, 0) is 42.9 Å². The number of esters is 4. The number of carbonyl (C=O) groups excluding carboxylic acids is 6. The topological polar surface area (TPSA) is 242 Å². The number of rotatable bonds is 10. The third kappa shape index (κ3) is 7.58. The van der Waals surface area contributed by atoms with Crippen LogP contribution in [0.1, 0.15) is 86.7 Å². The Morgan fingerprint density at radius 2 is 1.46 bits per heavy atom. The highest BCUT2D eigenvalue weighted by atomic mass is 16.6. The molecule has 1 aliphatic heterocycles. The number of nitrogens with one attached hydrogen (secondary N) is 1. The third-order valence-electron chi connectivity index (χ3n) is 13.6. The summed E-state index contributed by atoms with van der Waals surface area (Å²) in [5.74, 6) is -7.15. The first-order chi connectivity index (χ1) is 29.7. The quantitative estimate of drug-likeness (QED) is 0.111. The smallest absolute Gasteiger partial charge is 0.338 e. The molecule has 3 aromatic carbocycles. The molecule has 2 bridgehead atoms. The molecule has 1 saturated heterocycles. The van der Waals surface area contributed by atoms with Crippen molar-refractivity contribution in [1.82, 2.24) is 5.32 Å². The van der Waals surface area contributed by atoms with E-state index in [2.05, 4.69) is 5.32 Å². The summed E-state index contributed by atoms with van der Waals surface area (Å²) in [5, 5.41) is 49.9. The molecule has 63 heavy (non-hydrogen) atoms. The van der Waals surface area contributed by atoms with Crippen molar-refractivity contribution in [3.05, 3.63) is 113 Å². The van der Waals surface area contributed by atoms with Crippen LogP contribution < -0.4 is 5.32 Å². The summed E-state index contributed by atoms with van der Waals surface area (Å²) in [6, 6.07) is 19.8. The van der Waals surface area contributed by atoms with Crippen molar-refractivity contribution in [2.45, 2.75) is 108 Å². The number of aliphatic hydroxyl groups excluding tert-OH is 2. The number of phenolic OH excluding ortho intramolecular Hbond substituents is 1. The van der Waals surface area contributed by atoms with Gasteiger partial charge in [-0.25, -0.2) is 9.59 Å². The molecule has 0 spiro atoms. The van der Waals surface area contributed by atoms with Gasteiger partial charge in [-0.3, -0.25) is 19.2 Å². The first-order valence-corrected chi connectivity index (χ1v) is 20.6. The van der Waals surface area contributed by atoms with Crippen molar-refractivity contribution in [2.75, 3.05) is 6.61 Å². The first-order valence-electron chi connectivity index (χ1n) is 20.6. The lowest BCUT2D eigenvalue weighted by molar-refractivity contribution is -0.346. The summed E-state index contributed by atoms with van der Waals surface area (Å²) >= 11 is 0. The second kappa shape index (κ2) is 16.6. The molecule has 3 aliphatic carbocycles. The van der Waals surface area contributed by atoms with Gasteiger partial charge in [0, 0.05) is 37.7 Å². The van der Waals surface area contributed by atoms with Gasteiger partial charge < -0.3 is 49.4 Å². The molecule has 1 heterocycles. The molecule has 1 amide bonds. The fourth-order valence-corrected chi connectivity index (χ4v) is 10.2. The number of ether oxygens (including phenoxy) is 5. The molecule has 2 saturated carbocycles. The van der Waals surface area contributed by atoms with Gasteiger partial charge in [-0.2, -0.15) is 0 Å². The Morgan fingerprint density at radius 1 is 0.841 bits per heavy atom. The average Bonchev–Trinajstić information content (AvgIpc) is 3.24. The van der Waals surface area contributed by atoms with E-state index in [0.717, 1.165) is 13.8 Å². The highest BCUT2D eigenvalue weighted by Gasteiger charge is 2.78. The number of amides is 1. The first kappa shape index (κ1) is 45.1. The Morgan fingerprint density at radius 3 is 2.03 bits per heavy atom. The molecule has 0 unspecified atom stereocenters. The lowest BCUT2D eigenvalue weighted by Gasteiger charge is -2.67. The standard InChI is InChI=1S/C47H51NO15/c1-24-31(61-43(57)36(53)35(27-13-9-7-10-14-27)48-41(55)28-17-19-30(51)20-18-28)22-47(58)40(62-42(56)29-15-11-8-12-16-29)38-45(6,32(52)21-33-46(38,23-59-33)63-26(3)50)39(54)37(60-25(2)49)34(24)44(47,4)5/h7-20,31-33,35-38,40,51-53,58H,21-23H2,1-6H3,(H,48,55)/t31-,32-,33+,35-,36+,37+,38-,40-,45+,46-,47+/m0/s1. The van der Waals surface area contributed by atoms with E-state index in [1.165, 1.54) is 50.2 Å². The van der Waals surface area contributed by atoms with Crippen LogP contribution in [0.25, 0.3) is 0 Å². The number of fused-ring (bicyclic) bond motifs is 5. The van der Waals surface area contributed by atoms with Crippen molar-refractivity contribution in [3.8, 4) is 5.75 Å². The van der Waals surface area contributed by atoms with E-state index in [0.29, 0.717) is 5.56 Å². The van der Waals surface area contributed by atoms with Crippen LogP contribution in [0.5, 0.6) is 5.75 Å². The van der Waals surface area contributed by atoms with E-state index < -0.39 is 113 Å². The lowest BCUT2D eigenvalue weighted by atomic mass is 9.44. The number of hydrogen-bond acceptors (Lipinski definition) is 15. The van der Waals surface area contributed by atoms with Crippen LogP contribution in [0.3, 0.4) is 0 Å². The maximum absolute atomic E-state index is 15.5. The van der Waals surface area contributed by atoms with Gasteiger partial charge in [0.05, 0.1) is 35.6 Å². The van der Waals surface area contributed by atoms with Crippen molar-refractivity contribution >= 4 is 35.6 Å². The number of Topliss-reactive ketones (excluding diaryl/α,β-unsaturated/α-hetero) is 1. The minimum absolute atomic E-state index is 0.0230. The fourth-order valence-electron chi connectivity index (χ4n) is 10.2. The molecule has 334 valence electrons. The van der Waals surface area contributed by atoms with Crippen LogP contribution >= 0.6 is 0 Å². The molecule has 11 atom stereocenters. The Kier molecular flexibility index (Phi) is 11.9. The maximum Gasteiger partial charge on any atom is 0.338 e. The van der Waals surface area contributed by atoms with E-state index in [9.17, 15) is 44.4 Å². The van der Waals surface area contributed by atoms with E-state index in [1.54, 1.807) is 62.4 Å². The molecule has 3 fully saturated rings. The summed E-state index contributed by atoms with van der Waals surface area (Å²) in [6.07, 6.45) is -10.7. The van der Waals surface area contributed by atoms with Crippen LogP contribution in [0.2, 0.25) is 0 Å². The molecule has 16 nitrogen and oxygen atoms in total. The third-order valence-corrected chi connectivity index (χ3v) is 13.6. The molecule has 16 heteroatoms. The van der Waals surface area contributed by atoms with Crippen molar-refractivity contribution < 1.29 is 72.9 Å². The highest BCUT2D eigenvalue weighted by Crippen LogP contribution is 2.64. The summed E-state index contributed by atoms with van der Waals surface area (Å²) < 4.78 is 30.2. The van der Waals surface area contributed by atoms with Crippen molar-refractivity contribution in [3.63, 3.8) is 0 Å². The average molecular weight is 870 g/mol. The number of benzene rings is 3. The second-order valence-corrected chi connectivity index (χ2v) is 17.5. The van der Waals surface area contributed by atoms with Gasteiger partial charge in [-0.1, -0.05) is 62.4 Å². The SMILES string of the molecule is CC(=O)O[C@H]1C(=O)[C@@]2(C)[C@H]([C@H](OC(=O)c3ccccc3)[C@]3(O)C[C@H](OC(=O)[C@H](O)[C@@H](NC(=O)c4ccc(O)cc4)c4ccccc4)C(C)=C1C3(C)C)[C@]1(OC(C)=O)CO[C@@H]1C[C@@H]2O. The van der Waals surface area contributed by atoms with Crippen LogP contribution in [-0.4, -0.2) is 110 Å². The minimum Gasteiger partial charge on any atom is -0.508 e. The molecule has 4 aliphatic rings. The van der Waals surface area contributed by atoms with E-state index >= 15 is 4.79 Å². The van der Waals surface area contributed by atoms with Gasteiger partial charge in [0.1, 0.15) is 29.7 Å². The molecule has 5 N–H and O–H groups in total. The van der Waals surface area contributed by atoms with E-state index in [-0.39, 0.29) is 41.1 Å². The molecule has 0 aromatic heterocycles. The van der Waals surface area contributed by atoms with E-state index in [4.69, 9.17) is 23.7 Å². The number of hydrogen-bond donors (Lipinski definition) is 5. The summed E-state index contributed by atoms with van der Waals surface area (Å²) in [7, 11) is 0. The number of ketones is 1. The summed E-state index contributed by atoms with van der Waals surface area (Å²) in [4.78, 5) is 83.5. The fraction of sp³-hybridized carbons (Fsp3) is 0.447. The second-order valence-electron chi connectivity index (χ2n) is 17.5. The van der Waals surface area contributed by atoms with Crippen LogP contribution in [0, 0.1) is 16.7 Å². The predicted octanol–water partition coefficient (Wildman–Crippen LogP) is 3.44. The molecular formula is C47H51NO15. The lowest BCUT2D eigenvalue weighted by Crippen LogP contribution is -2.82. The van der Waals surface area contributed by atoms with Gasteiger partial charge in [0.15, 0.2) is 23.6 Å². The monoisotopic (exact) mass is 869 g/mol. The maximum atomic E-state index is 15.5. The number of carbonyl (C=O) groups is 6. The minimum atomic E-state index is -2.41. The molecule has 0 radical (unpaired) electrons. The van der Waals surface area contributed by atoms with Crippen molar-refractivity contribution in [2.24, 2.45) is 16.7 Å². The zero-order valence-corrected chi connectivity index (χ0v) is 35.6. The number of phenols is 1. The highest BCUT2D eigenvalue weighted by molar-refractivity contribution is 5.96. The van der Waals surface area contributed by atoms with Gasteiger partial charge in [0.25, 0.3) is 5.91 Å². The zero-order valence-electron chi connectivity index (χ0n) is 35.6. The van der Waals surface area contributed by atoms with Gasteiger partial charge in [0.2, 0.25) is 0 Å². The van der Waals surface area contributed by atoms with Gasteiger partial charge in [-0.15, -0.1) is 0 Å². The molecular weight excluding hydrogens is 819 g/mol.